The number of nitrogen functional groups attached to an aromatic ring is 1. The fraction of sp³-hybridized carbons (Fsp3) is 0.250. The van der Waals surface area contributed by atoms with Gasteiger partial charge in [-0.15, -0.1) is 0 Å². The van der Waals surface area contributed by atoms with E-state index in [1.165, 1.54) is 6.33 Å². The Bertz CT molecular complexity index is 810. The zero-order valence-corrected chi connectivity index (χ0v) is 12.4. The van der Waals surface area contributed by atoms with Crippen LogP contribution in [-0.4, -0.2) is 43.1 Å². The Morgan fingerprint density at radius 3 is 2.43 bits per heavy atom. The predicted octanol–water partition coefficient (Wildman–Crippen LogP) is 0.987. The van der Waals surface area contributed by atoms with Gasteiger partial charge in [-0.1, -0.05) is 12.1 Å². The number of aliphatic hydroxyl groups is 2. The van der Waals surface area contributed by atoms with Crippen LogP contribution in [0.4, 0.5) is 5.82 Å². The van der Waals surface area contributed by atoms with Crippen LogP contribution < -0.4 is 5.73 Å². The first-order chi connectivity index (χ1) is 11.1. The van der Waals surface area contributed by atoms with Crippen LogP contribution in [0.25, 0.3) is 22.2 Å². The summed E-state index contributed by atoms with van der Waals surface area (Å²) in [6, 6.07) is 6.78. The number of rotatable bonds is 5. The van der Waals surface area contributed by atoms with Crippen molar-refractivity contribution in [2.45, 2.75) is 6.54 Å². The van der Waals surface area contributed by atoms with E-state index < -0.39 is 0 Å². The highest BCUT2D eigenvalue weighted by molar-refractivity contribution is 6.00. The highest BCUT2D eigenvalue weighted by Gasteiger charge is 2.17. The zero-order chi connectivity index (χ0) is 16.4. The predicted molar refractivity (Wildman–Crippen MR) is 86.7 cm³/mol. The molecule has 0 aliphatic carbocycles. The van der Waals surface area contributed by atoms with Gasteiger partial charge in [0.2, 0.25) is 0 Å². The first-order valence-electron chi connectivity index (χ1n) is 7.24. The average molecular weight is 314 g/mol. The van der Waals surface area contributed by atoms with Crippen molar-refractivity contribution < 1.29 is 15.3 Å². The second kappa shape index (κ2) is 6.23. The molecule has 7 heteroatoms. The third-order valence-electron chi connectivity index (χ3n) is 3.83. The Balaban J connectivity index is 2.16. The number of phenols is 1. The number of aromatic hydroxyl groups is 1. The van der Waals surface area contributed by atoms with Gasteiger partial charge in [-0.05, 0) is 17.7 Å². The second-order valence-corrected chi connectivity index (χ2v) is 5.43. The third-order valence-corrected chi connectivity index (χ3v) is 3.83. The van der Waals surface area contributed by atoms with E-state index in [0.717, 1.165) is 11.1 Å². The molecule has 0 amide bonds. The molecule has 0 fully saturated rings. The first kappa shape index (κ1) is 15.3. The highest BCUT2D eigenvalue weighted by Crippen LogP contribution is 2.33. The van der Waals surface area contributed by atoms with E-state index in [9.17, 15) is 15.3 Å². The molecule has 0 aliphatic heterocycles. The van der Waals surface area contributed by atoms with Gasteiger partial charge in [0.1, 0.15) is 23.5 Å². The number of hydrogen-bond donors (Lipinski definition) is 4. The van der Waals surface area contributed by atoms with E-state index in [-0.39, 0.29) is 24.9 Å². The Kier molecular flexibility index (Phi) is 4.14. The minimum Gasteiger partial charge on any atom is -0.508 e. The van der Waals surface area contributed by atoms with Crippen LogP contribution in [-0.2, 0) is 6.54 Å². The van der Waals surface area contributed by atoms with Crippen molar-refractivity contribution in [1.82, 2.24) is 14.5 Å². The van der Waals surface area contributed by atoms with E-state index >= 15 is 0 Å². The molecule has 1 aromatic carbocycles. The summed E-state index contributed by atoms with van der Waals surface area (Å²) in [5.41, 5.74) is 8.38. The lowest BCUT2D eigenvalue weighted by Crippen LogP contribution is -2.18. The molecule has 0 saturated heterocycles. The number of nitrogens with two attached hydrogens (primary N) is 1. The maximum atomic E-state index is 9.45. The number of phenolic OH excluding ortho intramolecular Hbond substituents is 1. The molecule has 23 heavy (non-hydrogen) atoms. The molecular weight excluding hydrogens is 296 g/mol. The summed E-state index contributed by atoms with van der Waals surface area (Å²) in [4.78, 5) is 8.34. The number of aliphatic hydroxyl groups excluding tert-OH is 2. The van der Waals surface area contributed by atoms with Gasteiger partial charge >= 0.3 is 0 Å². The maximum Gasteiger partial charge on any atom is 0.146 e. The minimum absolute atomic E-state index is 0.120. The number of benzene rings is 1. The lowest BCUT2D eigenvalue weighted by Gasteiger charge is -2.12. The molecule has 0 spiro atoms. The molecule has 0 saturated carbocycles. The van der Waals surface area contributed by atoms with E-state index in [1.807, 2.05) is 10.8 Å². The van der Waals surface area contributed by atoms with Gasteiger partial charge in [0.05, 0.1) is 5.39 Å². The third kappa shape index (κ3) is 2.84. The lowest BCUT2D eigenvalue weighted by molar-refractivity contribution is 0.138. The minimum atomic E-state index is -0.283. The Labute approximate surface area is 132 Å². The van der Waals surface area contributed by atoms with Gasteiger partial charge in [-0.2, -0.15) is 0 Å². The largest absolute Gasteiger partial charge is 0.508 e. The summed E-state index contributed by atoms with van der Waals surface area (Å²) in [5.74, 6) is 0.262. The van der Waals surface area contributed by atoms with Gasteiger partial charge in [0.25, 0.3) is 0 Å². The zero-order valence-electron chi connectivity index (χ0n) is 12.4. The van der Waals surface area contributed by atoms with Crippen LogP contribution in [0.5, 0.6) is 5.75 Å². The van der Waals surface area contributed by atoms with Gasteiger partial charge in [0, 0.05) is 37.4 Å². The average Bonchev–Trinajstić information content (AvgIpc) is 2.93. The van der Waals surface area contributed by atoms with Gasteiger partial charge in [0.15, 0.2) is 0 Å². The quantitative estimate of drug-likeness (QED) is 0.558. The lowest BCUT2D eigenvalue weighted by atomic mass is 10.1. The van der Waals surface area contributed by atoms with Crippen molar-refractivity contribution in [1.29, 1.82) is 0 Å². The number of nitrogens with zero attached hydrogens (tertiary/aromatic N) is 3. The van der Waals surface area contributed by atoms with E-state index in [4.69, 9.17) is 5.73 Å². The Morgan fingerprint density at radius 2 is 1.78 bits per heavy atom. The van der Waals surface area contributed by atoms with Crippen LogP contribution >= 0.6 is 0 Å². The number of anilines is 1. The molecular formula is C16H18N4O3. The standard InChI is InChI=1S/C16H18N4O3/c17-15-14-13(11-1-3-12(23)4-2-11)6-20(5-10(7-21)8-22)16(14)19-9-18-15/h1-4,6,9-10,21-23H,5,7-8H2,(H2,17,18,19). The van der Waals surface area contributed by atoms with Crippen LogP contribution in [0.3, 0.4) is 0 Å². The second-order valence-electron chi connectivity index (χ2n) is 5.43. The summed E-state index contributed by atoms with van der Waals surface area (Å²) in [6.45, 7) is 0.175. The summed E-state index contributed by atoms with van der Waals surface area (Å²) in [6.07, 6.45) is 3.27. The van der Waals surface area contributed by atoms with Gasteiger partial charge in [-0.25, -0.2) is 9.97 Å². The summed E-state index contributed by atoms with van der Waals surface area (Å²) in [7, 11) is 0. The molecule has 120 valence electrons. The smallest absolute Gasteiger partial charge is 0.146 e. The van der Waals surface area contributed by atoms with Gasteiger partial charge in [-0.3, -0.25) is 0 Å². The molecule has 2 aromatic heterocycles. The Hall–Kier alpha value is -2.64. The van der Waals surface area contributed by atoms with Crippen molar-refractivity contribution in [3.05, 3.63) is 36.8 Å². The fourth-order valence-electron chi connectivity index (χ4n) is 2.60. The van der Waals surface area contributed by atoms with E-state index in [1.54, 1.807) is 24.3 Å². The number of hydrogen-bond acceptors (Lipinski definition) is 6. The molecule has 0 unspecified atom stereocenters. The van der Waals surface area contributed by atoms with Crippen molar-refractivity contribution in [2.75, 3.05) is 18.9 Å². The van der Waals surface area contributed by atoms with E-state index in [0.29, 0.717) is 23.4 Å². The SMILES string of the molecule is Nc1ncnc2c1c(-c1ccc(O)cc1)cn2CC(CO)CO. The summed E-state index contributed by atoms with van der Waals surface area (Å²) in [5, 5.41) is 28.8. The first-order valence-corrected chi connectivity index (χ1v) is 7.24. The molecule has 3 rings (SSSR count). The molecule has 3 aromatic rings. The molecule has 7 nitrogen and oxygen atoms in total. The molecule has 2 heterocycles. The van der Waals surface area contributed by atoms with Crippen LogP contribution in [0.1, 0.15) is 0 Å². The van der Waals surface area contributed by atoms with Crippen molar-refractivity contribution in [2.24, 2.45) is 5.92 Å². The van der Waals surface area contributed by atoms with Crippen molar-refractivity contribution >= 4 is 16.9 Å². The summed E-state index contributed by atoms with van der Waals surface area (Å²) >= 11 is 0. The van der Waals surface area contributed by atoms with Crippen molar-refractivity contribution in [3.8, 4) is 16.9 Å². The Morgan fingerprint density at radius 1 is 1.09 bits per heavy atom. The molecule has 0 radical (unpaired) electrons. The fourth-order valence-corrected chi connectivity index (χ4v) is 2.60. The maximum absolute atomic E-state index is 9.45. The van der Waals surface area contributed by atoms with Crippen LogP contribution in [0, 0.1) is 5.92 Å². The molecule has 0 bridgehead atoms. The number of aromatic nitrogens is 3. The normalized spacial score (nSPS) is 11.4. The molecule has 5 N–H and O–H groups in total. The number of fused-ring (bicyclic) bond motifs is 1. The summed E-state index contributed by atoms with van der Waals surface area (Å²) < 4.78 is 1.85. The molecule has 0 atom stereocenters. The van der Waals surface area contributed by atoms with Crippen molar-refractivity contribution in [3.63, 3.8) is 0 Å². The highest BCUT2D eigenvalue weighted by atomic mass is 16.3. The van der Waals surface area contributed by atoms with Crippen LogP contribution in [0.2, 0.25) is 0 Å². The van der Waals surface area contributed by atoms with E-state index in [2.05, 4.69) is 9.97 Å². The topological polar surface area (TPSA) is 117 Å². The monoisotopic (exact) mass is 314 g/mol. The van der Waals surface area contributed by atoms with Gasteiger partial charge < -0.3 is 25.6 Å². The molecule has 0 aliphatic rings. The van der Waals surface area contributed by atoms with Crippen LogP contribution in [0.15, 0.2) is 36.8 Å².